The van der Waals surface area contributed by atoms with E-state index >= 15 is 0 Å². The number of halogens is 1. The molecule has 2 aromatic carbocycles. The minimum Gasteiger partial charge on any atom is -0.496 e. The molecule has 144 valence electrons. The molecular weight excluding hydrogens is 438 g/mol. The standard InChI is InChI=1S/C21H20BrN3O2S/c1-27-18-9-4-14(12-17(18)22)19(26)25-20(28)24-16-7-5-15(6-8-16)21(13-23)10-2-3-11-21/h4-9,12H,2-3,10-11H2,1H3,(H2,24,25,26,28). The van der Waals surface area contributed by atoms with Gasteiger partial charge in [0, 0.05) is 11.3 Å². The third-order valence-electron chi connectivity index (χ3n) is 5.01. The number of anilines is 1. The van der Waals surface area contributed by atoms with Crippen molar-refractivity contribution in [3.05, 3.63) is 58.1 Å². The maximum Gasteiger partial charge on any atom is 0.257 e. The molecule has 0 aliphatic heterocycles. The summed E-state index contributed by atoms with van der Waals surface area (Å²) >= 11 is 8.61. The molecule has 0 bridgehead atoms. The van der Waals surface area contributed by atoms with E-state index in [4.69, 9.17) is 17.0 Å². The molecule has 5 nitrogen and oxygen atoms in total. The van der Waals surface area contributed by atoms with E-state index in [1.54, 1.807) is 25.3 Å². The number of nitrogens with one attached hydrogen (secondary N) is 2. The highest BCUT2D eigenvalue weighted by Crippen LogP contribution is 2.40. The van der Waals surface area contributed by atoms with Gasteiger partial charge in [0.2, 0.25) is 0 Å². The lowest BCUT2D eigenvalue weighted by Crippen LogP contribution is -2.34. The maximum absolute atomic E-state index is 12.4. The van der Waals surface area contributed by atoms with Crippen LogP contribution in [-0.4, -0.2) is 18.1 Å². The van der Waals surface area contributed by atoms with Crippen LogP contribution in [-0.2, 0) is 5.41 Å². The monoisotopic (exact) mass is 457 g/mol. The zero-order valence-electron chi connectivity index (χ0n) is 15.4. The summed E-state index contributed by atoms with van der Waals surface area (Å²) < 4.78 is 5.85. The molecule has 3 rings (SSSR count). The van der Waals surface area contributed by atoms with Crippen molar-refractivity contribution in [3.63, 3.8) is 0 Å². The first kappa shape index (κ1) is 20.3. The van der Waals surface area contributed by atoms with Crippen molar-refractivity contribution in [1.29, 1.82) is 5.26 Å². The van der Waals surface area contributed by atoms with Crippen molar-refractivity contribution in [2.24, 2.45) is 0 Å². The number of methoxy groups -OCH3 is 1. The summed E-state index contributed by atoms with van der Waals surface area (Å²) in [6.07, 6.45) is 3.99. The van der Waals surface area contributed by atoms with E-state index in [1.807, 2.05) is 24.3 Å². The Balaban J connectivity index is 1.62. The lowest BCUT2D eigenvalue weighted by Gasteiger charge is -2.21. The number of rotatable bonds is 4. The fourth-order valence-electron chi connectivity index (χ4n) is 3.46. The van der Waals surface area contributed by atoms with E-state index in [9.17, 15) is 10.1 Å². The van der Waals surface area contributed by atoms with E-state index in [-0.39, 0.29) is 16.4 Å². The number of thiocarbonyl (C=S) groups is 1. The molecule has 1 aliphatic rings. The molecule has 0 unspecified atom stereocenters. The molecular formula is C21H20BrN3O2S. The summed E-state index contributed by atoms with van der Waals surface area (Å²) in [6, 6.07) is 15.2. The summed E-state index contributed by atoms with van der Waals surface area (Å²) in [5.41, 5.74) is 1.89. The molecule has 2 N–H and O–H groups in total. The normalized spacial score (nSPS) is 14.8. The Labute approximate surface area is 178 Å². The minimum atomic E-state index is -0.366. The van der Waals surface area contributed by atoms with Crippen LogP contribution < -0.4 is 15.4 Å². The fraction of sp³-hybridized carbons (Fsp3) is 0.286. The van der Waals surface area contributed by atoms with Crippen LogP contribution in [0.3, 0.4) is 0 Å². The third kappa shape index (κ3) is 4.34. The summed E-state index contributed by atoms with van der Waals surface area (Å²) in [5.74, 6) is 0.335. The summed E-state index contributed by atoms with van der Waals surface area (Å²) in [7, 11) is 1.56. The highest BCUT2D eigenvalue weighted by atomic mass is 79.9. The van der Waals surface area contributed by atoms with Crippen molar-refractivity contribution in [2.75, 3.05) is 12.4 Å². The van der Waals surface area contributed by atoms with Gasteiger partial charge in [0.1, 0.15) is 5.75 Å². The highest BCUT2D eigenvalue weighted by molar-refractivity contribution is 9.10. The first-order chi connectivity index (χ1) is 13.5. The van der Waals surface area contributed by atoms with Crippen LogP contribution in [0.2, 0.25) is 0 Å². The molecule has 0 aromatic heterocycles. The average Bonchev–Trinajstić information content (AvgIpc) is 3.18. The van der Waals surface area contributed by atoms with Crippen LogP contribution in [0.5, 0.6) is 5.75 Å². The lowest BCUT2D eigenvalue weighted by molar-refractivity contribution is 0.0977. The zero-order chi connectivity index (χ0) is 20.1. The van der Waals surface area contributed by atoms with Gasteiger partial charge >= 0.3 is 0 Å². The Morgan fingerprint density at radius 2 is 1.89 bits per heavy atom. The molecule has 2 aromatic rings. The molecule has 28 heavy (non-hydrogen) atoms. The van der Waals surface area contributed by atoms with Crippen molar-refractivity contribution >= 4 is 44.9 Å². The molecule has 1 saturated carbocycles. The van der Waals surface area contributed by atoms with Crippen LogP contribution in [0.1, 0.15) is 41.6 Å². The molecule has 0 atom stereocenters. The van der Waals surface area contributed by atoms with Gasteiger partial charge < -0.3 is 10.1 Å². The topological polar surface area (TPSA) is 74.2 Å². The van der Waals surface area contributed by atoms with Gasteiger partial charge in [-0.05, 0) is 76.9 Å². The Kier molecular flexibility index (Phi) is 6.32. The quantitative estimate of drug-likeness (QED) is 0.637. The van der Waals surface area contributed by atoms with E-state index in [1.165, 1.54) is 0 Å². The molecule has 1 fully saturated rings. The average molecular weight is 458 g/mol. The molecule has 0 spiro atoms. The number of nitrogens with zero attached hydrogens (tertiary/aromatic N) is 1. The van der Waals surface area contributed by atoms with Gasteiger partial charge in [-0.25, -0.2) is 0 Å². The SMILES string of the molecule is COc1ccc(C(=O)NC(=S)Nc2ccc(C3(C#N)CCCC3)cc2)cc1Br. The van der Waals surface area contributed by atoms with Crippen molar-refractivity contribution < 1.29 is 9.53 Å². The smallest absolute Gasteiger partial charge is 0.257 e. The molecule has 7 heteroatoms. The van der Waals surface area contributed by atoms with Crippen LogP contribution >= 0.6 is 28.1 Å². The predicted octanol–water partition coefficient (Wildman–Crippen LogP) is 4.92. The Bertz CT molecular complexity index is 932. The second-order valence-electron chi connectivity index (χ2n) is 6.74. The van der Waals surface area contributed by atoms with Gasteiger partial charge in [0.05, 0.1) is 23.1 Å². The van der Waals surface area contributed by atoms with Crippen LogP contribution in [0.15, 0.2) is 46.9 Å². The first-order valence-electron chi connectivity index (χ1n) is 8.95. The number of benzene rings is 2. The van der Waals surface area contributed by atoms with E-state index in [2.05, 4.69) is 32.6 Å². The van der Waals surface area contributed by atoms with Crippen LogP contribution in [0.25, 0.3) is 0 Å². The minimum absolute atomic E-state index is 0.209. The largest absolute Gasteiger partial charge is 0.496 e. The van der Waals surface area contributed by atoms with E-state index in [0.717, 1.165) is 36.9 Å². The Morgan fingerprint density at radius 1 is 1.21 bits per heavy atom. The van der Waals surface area contributed by atoms with E-state index in [0.29, 0.717) is 15.8 Å². The summed E-state index contributed by atoms with van der Waals surface area (Å²) in [5, 5.41) is 15.5. The van der Waals surface area contributed by atoms with Crippen molar-refractivity contribution in [3.8, 4) is 11.8 Å². The number of carbonyl (C=O) groups excluding carboxylic acids is 1. The predicted molar refractivity (Wildman–Crippen MR) is 117 cm³/mol. The van der Waals surface area contributed by atoms with Gasteiger partial charge in [0.15, 0.2) is 5.11 Å². The number of hydrogen-bond acceptors (Lipinski definition) is 4. The fourth-order valence-corrected chi connectivity index (χ4v) is 4.21. The third-order valence-corrected chi connectivity index (χ3v) is 5.83. The van der Waals surface area contributed by atoms with Gasteiger partial charge in [-0.2, -0.15) is 5.26 Å². The Hall–Kier alpha value is -2.43. The number of amides is 1. The zero-order valence-corrected chi connectivity index (χ0v) is 17.8. The summed E-state index contributed by atoms with van der Waals surface area (Å²) in [6.45, 7) is 0. The first-order valence-corrected chi connectivity index (χ1v) is 10.2. The number of hydrogen-bond donors (Lipinski definition) is 2. The Morgan fingerprint density at radius 3 is 2.46 bits per heavy atom. The molecule has 0 heterocycles. The maximum atomic E-state index is 12.4. The van der Waals surface area contributed by atoms with E-state index < -0.39 is 0 Å². The van der Waals surface area contributed by atoms with Gasteiger partial charge in [0.25, 0.3) is 5.91 Å². The number of nitriles is 1. The van der Waals surface area contributed by atoms with Gasteiger partial charge in [-0.1, -0.05) is 25.0 Å². The number of carbonyl (C=O) groups is 1. The second kappa shape index (κ2) is 8.72. The molecule has 0 radical (unpaired) electrons. The second-order valence-corrected chi connectivity index (χ2v) is 8.00. The lowest BCUT2D eigenvalue weighted by atomic mass is 9.80. The molecule has 0 saturated heterocycles. The molecule has 1 aliphatic carbocycles. The molecule has 1 amide bonds. The van der Waals surface area contributed by atoms with Crippen LogP contribution in [0.4, 0.5) is 5.69 Å². The number of ether oxygens (including phenoxy) is 1. The summed E-state index contributed by atoms with van der Waals surface area (Å²) in [4.78, 5) is 12.4. The van der Waals surface area contributed by atoms with Gasteiger partial charge in [-0.3, -0.25) is 10.1 Å². The van der Waals surface area contributed by atoms with Crippen molar-refractivity contribution in [1.82, 2.24) is 5.32 Å². The van der Waals surface area contributed by atoms with Crippen LogP contribution in [0, 0.1) is 11.3 Å². The van der Waals surface area contributed by atoms with Gasteiger partial charge in [-0.15, -0.1) is 0 Å². The highest BCUT2D eigenvalue weighted by Gasteiger charge is 2.35. The van der Waals surface area contributed by atoms with Crippen molar-refractivity contribution in [2.45, 2.75) is 31.1 Å².